The van der Waals surface area contributed by atoms with E-state index in [2.05, 4.69) is 15.2 Å². The number of carbonyl (C=O) groups excluding carboxylic acids is 1. The van der Waals surface area contributed by atoms with Crippen molar-refractivity contribution >= 4 is 5.91 Å². The summed E-state index contributed by atoms with van der Waals surface area (Å²) in [6, 6.07) is 1.63. The first-order valence-electron chi connectivity index (χ1n) is 7.54. The van der Waals surface area contributed by atoms with Crippen molar-refractivity contribution in [1.82, 2.24) is 20.1 Å². The van der Waals surface area contributed by atoms with Crippen LogP contribution in [-0.4, -0.2) is 45.7 Å². The summed E-state index contributed by atoms with van der Waals surface area (Å²) in [6.45, 7) is 0.552. The number of methoxy groups -OCH3 is 1. The SMILES string of the molecule is CO[C@@H]1C[C@@H](c2ncn[nH]2)N(C(=O)c2ccoc2C2CC2)C1. The van der Waals surface area contributed by atoms with Gasteiger partial charge in [0.15, 0.2) is 0 Å². The van der Waals surface area contributed by atoms with Gasteiger partial charge in [-0.15, -0.1) is 0 Å². The Balaban J connectivity index is 1.63. The van der Waals surface area contributed by atoms with Gasteiger partial charge in [-0.1, -0.05) is 0 Å². The number of nitrogens with one attached hydrogen (secondary N) is 1. The van der Waals surface area contributed by atoms with Crippen LogP contribution in [0.25, 0.3) is 0 Å². The van der Waals surface area contributed by atoms with Crippen LogP contribution in [0.15, 0.2) is 23.1 Å². The summed E-state index contributed by atoms with van der Waals surface area (Å²) in [5, 5.41) is 6.77. The molecule has 2 aliphatic rings. The second-order valence-corrected chi connectivity index (χ2v) is 5.91. The van der Waals surface area contributed by atoms with Gasteiger partial charge in [0.2, 0.25) is 0 Å². The molecule has 0 radical (unpaired) electrons. The average molecular weight is 302 g/mol. The number of nitrogens with zero attached hydrogens (tertiary/aromatic N) is 3. The van der Waals surface area contributed by atoms with Crippen LogP contribution in [0.2, 0.25) is 0 Å². The molecule has 0 unspecified atom stereocenters. The number of hydrogen-bond acceptors (Lipinski definition) is 5. The van der Waals surface area contributed by atoms with E-state index >= 15 is 0 Å². The standard InChI is InChI=1S/C15H18N4O3/c1-21-10-6-12(14-16-8-17-18-14)19(7-10)15(20)11-4-5-22-13(11)9-2-3-9/h4-5,8-10,12H,2-3,6-7H2,1H3,(H,16,17,18)/t10-,12+/m1/s1. The highest BCUT2D eigenvalue weighted by Gasteiger charge is 2.40. The zero-order valence-electron chi connectivity index (χ0n) is 12.4. The third kappa shape index (κ3) is 2.21. The molecule has 22 heavy (non-hydrogen) atoms. The summed E-state index contributed by atoms with van der Waals surface area (Å²) >= 11 is 0. The maximum atomic E-state index is 13.0. The quantitative estimate of drug-likeness (QED) is 0.932. The van der Waals surface area contributed by atoms with Gasteiger partial charge in [0.25, 0.3) is 5.91 Å². The van der Waals surface area contributed by atoms with E-state index in [-0.39, 0.29) is 18.1 Å². The summed E-state index contributed by atoms with van der Waals surface area (Å²) < 4.78 is 11.0. The molecule has 1 N–H and O–H groups in total. The predicted molar refractivity (Wildman–Crippen MR) is 76.3 cm³/mol. The number of likely N-dealkylation sites (tertiary alicyclic amines) is 1. The third-order valence-electron chi connectivity index (χ3n) is 4.48. The molecular weight excluding hydrogens is 284 g/mol. The van der Waals surface area contributed by atoms with Crippen LogP contribution in [0.5, 0.6) is 0 Å². The Morgan fingerprint density at radius 2 is 2.36 bits per heavy atom. The lowest BCUT2D eigenvalue weighted by Crippen LogP contribution is -2.32. The molecule has 2 fully saturated rings. The van der Waals surface area contributed by atoms with Gasteiger partial charge in [0.1, 0.15) is 17.9 Å². The minimum atomic E-state index is -0.137. The normalized spacial score (nSPS) is 24.9. The lowest BCUT2D eigenvalue weighted by molar-refractivity contribution is 0.0682. The topological polar surface area (TPSA) is 84.3 Å². The lowest BCUT2D eigenvalue weighted by Gasteiger charge is -2.22. The molecule has 1 aliphatic heterocycles. The van der Waals surface area contributed by atoms with E-state index in [4.69, 9.17) is 9.15 Å². The highest BCUT2D eigenvalue weighted by atomic mass is 16.5. The van der Waals surface area contributed by atoms with Crippen molar-refractivity contribution in [3.05, 3.63) is 35.8 Å². The molecule has 0 bridgehead atoms. The van der Waals surface area contributed by atoms with Gasteiger partial charge in [-0.3, -0.25) is 9.89 Å². The first-order valence-corrected chi connectivity index (χ1v) is 7.54. The van der Waals surface area contributed by atoms with Gasteiger partial charge in [-0.05, 0) is 18.9 Å². The summed E-state index contributed by atoms with van der Waals surface area (Å²) in [7, 11) is 1.67. The molecule has 0 aromatic carbocycles. The predicted octanol–water partition coefficient (Wildman–Crippen LogP) is 1.88. The number of amides is 1. The van der Waals surface area contributed by atoms with Crippen molar-refractivity contribution in [2.24, 2.45) is 0 Å². The number of aromatic amines is 1. The molecular formula is C15H18N4O3. The summed E-state index contributed by atoms with van der Waals surface area (Å²) in [4.78, 5) is 19.0. The minimum Gasteiger partial charge on any atom is -0.468 e. The summed E-state index contributed by atoms with van der Waals surface area (Å²) in [6.07, 6.45) is 5.99. The summed E-state index contributed by atoms with van der Waals surface area (Å²) in [5.74, 6) is 1.90. The maximum Gasteiger partial charge on any atom is 0.258 e. The Bertz CT molecular complexity index is 662. The molecule has 1 aliphatic carbocycles. The largest absolute Gasteiger partial charge is 0.468 e. The van der Waals surface area contributed by atoms with Crippen molar-refractivity contribution < 1.29 is 13.9 Å². The average Bonchev–Trinajstić information content (AvgIpc) is 3.02. The fourth-order valence-electron chi connectivity index (χ4n) is 3.14. The second-order valence-electron chi connectivity index (χ2n) is 5.91. The monoisotopic (exact) mass is 302 g/mol. The van der Waals surface area contributed by atoms with Crippen LogP contribution in [0, 0.1) is 0 Å². The van der Waals surface area contributed by atoms with Crippen molar-refractivity contribution in [3.63, 3.8) is 0 Å². The third-order valence-corrected chi connectivity index (χ3v) is 4.48. The Labute approximate surface area is 127 Å². The van der Waals surface area contributed by atoms with E-state index < -0.39 is 0 Å². The van der Waals surface area contributed by atoms with Crippen LogP contribution in [-0.2, 0) is 4.74 Å². The zero-order valence-corrected chi connectivity index (χ0v) is 12.4. The molecule has 7 nitrogen and oxygen atoms in total. The minimum absolute atomic E-state index is 0.00956. The Hall–Kier alpha value is -2.15. The number of H-pyrrole nitrogens is 1. The highest BCUT2D eigenvalue weighted by Crippen LogP contribution is 2.43. The zero-order chi connectivity index (χ0) is 15.1. The van der Waals surface area contributed by atoms with E-state index in [1.807, 2.05) is 4.90 Å². The lowest BCUT2D eigenvalue weighted by atomic mass is 10.1. The number of carbonyl (C=O) groups is 1. The van der Waals surface area contributed by atoms with Crippen LogP contribution in [0.1, 0.15) is 53.2 Å². The smallest absolute Gasteiger partial charge is 0.258 e. The number of aromatic nitrogens is 3. The van der Waals surface area contributed by atoms with Crippen molar-refractivity contribution in [2.75, 3.05) is 13.7 Å². The number of rotatable bonds is 4. The molecule has 2 aromatic rings. The van der Waals surface area contributed by atoms with E-state index in [0.717, 1.165) is 18.6 Å². The Kier molecular flexibility index (Phi) is 3.22. The molecule has 1 amide bonds. The van der Waals surface area contributed by atoms with E-state index in [9.17, 15) is 4.79 Å². The molecule has 1 saturated heterocycles. The molecule has 1 saturated carbocycles. The molecule has 2 aromatic heterocycles. The Morgan fingerprint density at radius 1 is 1.50 bits per heavy atom. The van der Waals surface area contributed by atoms with Gasteiger partial charge < -0.3 is 14.1 Å². The van der Waals surface area contributed by atoms with E-state index in [1.165, 1.54) is 6.33 Å². The Morgan fingerprint density at radius 3 is 3.05 bits per heavy atom. The molecule has 3 heterocycles. The molecule has 0 spiro atoms. The van der Waals surface area contributed by atoms with Crippen LogP contribution in [0.4, 0.5) is 0 Å². The van der Waals surface area contributed by atoms with E-state index in [1.54, 1.807) is 19.4 Å². The van der Waals surface area contributed by atoms with Gasteiger partial charge in [-0.2, -0.15) is 5.10 Å². The summed E-state index contributed by atoms with van der Waals surface area (Å²) in [5.41, 5.74) is 0.670. The fraction of sp³-hybridized carbons (Fsp3) is 0.533. The van der Waals surface area contributed by atoms with Gasteiger partial charge in [-0.25, -0.2) is 4.98 Å². The molecule has 2 atom stereocenters. The molecule has 4 rings (SSSR count). The van der Waals surface area contributed by atoms with Crippen molar-refractivity contribution in [1.29, 1.82) is 0 Å². The number of ether oxygens (including phenoxy) is 1. The van der Waals surface area contributed by atoms with Gasteiger partial charge in [0.05, 0.1) is 24.0 Å². The second kappa shape index (κ2) is 5.24. The number of furan rings is 1. The first-order chi connectivity index (χ1) is 10.8. The first kappa shape index (κ1) is 13.5. The van der Waals surface area contributed by atoms with Crippen molar-refractivity contribution in [2.45, 2.75) is 37.3 Å². The maximum absolute atomic E-state index is 13.0. The fourth-order valence-corrected chi connectivity index (χ4v) is 3.14. The van der Waals surface area contributed by atoms with Crippen LogP contribution < -0.4 is 0 Å². The van der Waals surface area contributed by atoms with Gasteiger partial charge >= 0.3 is 0 Å². The molecule has 7 heteroatoms. The van der Waals surface area contributed by atoms with Crippen LogP contribution >= 0.6 is 0 Å². The number of hydrogen-bond donors (Lipinski definition) is 1. The van der Waals surface area contributed by atoms with E-state index in [0.29, 0.717) is 30.3 Å². The highest BCUT2D eigenvalue weighted by molar-refractivity contribution is 5.96. The molecule has 116 valence electrons. The van der Waals surface area contributed by atoms with Gasteiger partial charge in [0, 0.05) is 26.0 Å². The van der Waals surface area contributed by atoms with Crippen molar-refractivity contribution in [3.8, 4) is 0 Å². The van der Waals surface area contributed by atoms with Crippen LogP contribution in [0.3, 0.4) is 0 Å².